The average molecular weight is 262 g/mol. The molecule has 19 heavy (non-hydrogen) atoms. The molecule has 2 heterocycles. The van der Waals surface area contributed by atoms with Crippen molar-refractivity contribution in [3.8, 4) is 0 Å². The minimum absolute atomic E-state index is 0.0385. The van der Waals surface area contributed by atoms with Gasteiger partial charge in [-0.25, -0.2) is 4.39 Å². The highest BCUT2D eigenvalue weighted by atomic mass is 19.1. The van der Waals surface area contributed by atoms with E-state index in [-0.39, 0.29) is 19.0 Å². The van der Waals surface area contributed by atoms with Gasteiger partial charge in [-0.05, 0) is 6.07 Å². The Bertz CT molecular complexity index is 627. The number of rotatable bonds is 1. The lowest BCUT2D eigenvalue weighted by Crippen LogP contribution is -2.29. The molecule has 4 nitrogen and oxygen atoms in total. The number of aliphatic hydroxyl groups is 1. The number of aryl methyl sites for hydroxylation is 1. The summed E-state index contributed by atoms with van der Waals surface area (Å²) in [5, 5.41) is 10.3. The summed E-state index contributed by atoms with van der Waals surface area (Å²) in [6.45, 7) is 0.0203. The number of hydrogen-bond donors (Lipinski definition) is 1. The standard InChI is InChI=1S/C14H15FN2O2/c1-16-6-10(9-4-2-3-5-12(9)16)14(19)17-7-11(15)13(18)8-17/h2-6,11,13,18H,7-8H2,1H3/t11-,13-/m1/s1. The maximum absolute atomic E-state index is 13.3. The molecule has 1 amide bonds. The minimum Gasteiger partial charge on any atom is -0.388 e. The van der Waals surface area contributed by atoms with E-state index in [9.17, 15) is 14.3 Å². The fourth-order valence-corrected chi connectivity index (χ4v) is 2.60. The first-order valence-corrected chi connectivity index (χ1v) is 6.23. The number of β-amino-alcohol motifs (C(OH)–C–C–N with tert-alkyl or cyclic N) is 1. The van der Waals surface area contributed by atoms with Crippen molar-refractivity contribution in [2.45, 2.75) is 12.3 Å². The van der Waals surface area contributed by atoms with Crippen molar-refractivity contribution < 1.29 is 14.3 Å². The van der Waals surface area contributed by atoms with E-state index in [1.807, 2.05) is 35.9 Å². The Balaban J connectivity index is 1.99. The van der Waals surface area contributed by atoms with Gasteiger partial charge in [0.05, 0.1) is 12.1 Å². The van der Waals surface area contributed by atoms with Gasteiger partial charge in [-0.15, -0.1) is 0 Å². The first kappa shape index (κ1) is 12.2. The van der Waals surface area contributed by atoms with Crippen molar-refractivity contribution in [3.63, 3.8) is 0 Å². The topological polar surface area (TPSA) is 45.5 Å². The number of carbonyl (C=O) groups excluding carboxylic acids is 1. The van der Waals surface area contributed by atoms with Gasteiger partial charge >= 0.3 is 0 Å². The van der Waals surface area contributed by atoms with Crippen LogP contribution in [0, 0.1) is 0 Å². The molecule has 1 saturated heterocycles. The van der Waals surface area contributed by atoms with Crippen LogP contribution in [-0.2, 0) is 7.05 Å². The number of fused-ring (bicyclic) bond motifs is 1. The van der Waals surface area contributed by atoms with Gasteiger partial charge in [-0.2, -0.15) is 0 Å². The summed E-state index contributed by atoms with van der Waals surface area (Å²) >= 11 is 0. The second-order valence-corrected chi connectivity index (χ2v) is 4.96. The molecule has 100 valence electrons. The van der Waals surface area contributed by atoms with Crippen LogP contribution < -0.4 is 0 Å². The number of hydrogen-bond acceptors (Lipinski definition) is 2. The number of nitrogens with zero attached hydrogens (tertiary/aromatic N) is 2. The smallest absolute Gasteiger partial charge is 0.256 e. The highest BCUT2D eigenvalue weighted by Gasteiger charge is 2.35. The number of benzene rings is 1. The normalized spacial score (nSPS) is 23.2. The average Bonchev–Trinajstić information content (AvgIpc) is 2.91. The fourth-order valence-electron chi connectivity index (χ4n) is 2.60. The number of halogens is 1. The minimum atomic E-state index is -1.35. The second kappa shape index (κ2) is 4.35. The molecule has 1 aliphatic heterocycles. The Morgan fingerprint density at radius 2 is 2.11 bits per heavy atom. The second-order valence-electron chi connectivity index (χ2n) is 4.96. The molecule has 2 aromatic rings. The number of alkyl halides is 1. The lowest BCUT2D eigenvalue weighted by atomic mass is 10.1. The Kier molecular flexibility index (Phi) is 2.78. The third kappa shape index (κ3) is 1.90. The van der Waals surface area contributed by atoms with Gasteiger partial charge in [0.25, 0.3) is 5.91 Å². The van der Waals surface area contributed by atoms with E-state index in [1.54, 1.807) is 6.20 Å². The molecular weight excluding hydrogens is 247 g/mol. The Hall–Kier alpha value is -1.88. The summed E-state index contributed by atoms with van der Waals surface area (Å²) in [6.07, 6.45) is -0.664. The van der Waals surface area contributed by atoms with E-state index in [1.165, 1.54) is 4.90 Å². The third-order valence-electron chi connectivity index (χ3n) is 3.63. The lowest BCUT2D eigenvalue weighted by molar-refractivity contribution is 0.0766. The summed E-state index contributed by atoms with van der Waals surface area (Å²) in [5.41, 5.74) is 1.52. The van der Waals surface area contributed by atoms with Gasteiger partial charge < -0.3 is 14.6 Å². The maximum Gasteiger partial charge on any atom is 0.256 e. The van der Waals surface area contributed by atoms with Gasteiger partial charge in [0.2, 0.25) is 0 Å². The van der Waals surface area contributed by atoms with Crippen molar-refractivity contribution in [1.29, 1.82) is 0 Å². The largest absolute Gasteiger partial charge is 0.388 e. The predicted molar refractivity (Wildman–Crippen MR) is 69.7 cm³/mol. The van der Waals surface area contributed by atoms with Crippen molar-refractivity contribution in [1.82, 2.24) is 9.47 Å². The Morgan fingerprint density at radius 1 is 1.37 bits per heavy atom. The molecule has 3 rings (SSSR count). The zero-order valence-corrected chi connectivity index (χ0v) is 10.6. The molecule has 1 aromatic carbocycles. The van der Waals surface area contributed by atoms with Crippen molar-refractivity contribution in [3.05, 3.63) is 36.0 Å². The van der Waals surface area contributed by atoms with E-state index < -0.39 is 12.3 Å². The van der Waals surface area contributed by atoms with Crippen LogP contribution in [0.25, 0.3) is 10.9 Å². The van der Waals surface area contributed by atoms with Crippen LogP contribution >= 0.6 is 0 Å². The molecule has 0 saturated carbocycles. The van der Waals surface area contributed by atoms with Crippen LogP contribution in [0.15, 0.2) is 30.5 Å². The van der Waals surface area contributed by atoms with Crippen LogP contribution in [0.4, 0.5) is 4.39 Å². The molecule has 1 fully saturated rings. The van der Waals surface area contributed by atoms with Gasteiger partial charge in [-0.3, -0.25) is 4.79 Å². The van der Waals surface area contributed by atoms with Crippen LogP contribution in [0.2, 0.25) is 0 Å². The molecule has 0 unspecified atom stereocenters. The van der Waals surface area contributed by atoms with Crippen LogP contribution in [0.1, 0.15) is 10.4 Å². The molecule has 0 radical (unpaired) electrons. The fraction of sp³-hybridized carbons (Fsp3) is 0.357. The molecule has 1 aromatic heterocycles. The van der Waals surface area contributed by atoms with Gasteiger partial charge in [0.15, 0.2) is 0 Å². The summed E-state index contributed by atoms with van der Waals surface area (Å²) in [6, 6.07) is 7.59. The molecule has 2 atom stereocenters. The van der Waals surface area contributed by atoms with Crippen LogP contribution in [-0.4, -0.2) is 45.8 Å². The zero-order chi connectivity index (χ0) is 13.6. The van der Waals surface area contributed by atoms with Gasteiger partial charge in [-0.1, -0.05) is 18.2 Å². The van der Waals surface area contributed by atoms with Crippen molar-refractivity contribution in [2.75, 3.05) is 13.1 Å². The number of likely N-dealkylation sites (tertiary alicyclic amines) is 1. The van der Waals surface area contributed by atoms with E-state index in [4.69, 9.17) is 0 Å². The summed E-state index contributed by atoms with van der Waals surface area (Å²) in [4.78, 5) is 13.8. The highest BCUT2D eigenvalue weighted by Crippen LogP contribution is 2.24. The first-order valence-electron chi connectivity index (χ1n) is 6.23. The lowest BCUT2D eigenvalue weighted by Gasteiger charge is -2.14. The van der Waals surface area contributed by atoms with Gasteiger partial charge in [0.1, 0.15) is 12.3 Å². The maximum atomic E-state index is 13.3. The zero-order valence-electron chi connectivity index (χ0n) is 10.6. The van der Waals surface area contributed by atoms with E-state index >= 15 is 0 Å². The number of carbonyl (C=O) groups is 1. The SMILES string of the molecule is Cn1cc(C(=O)N2C[C@@H](O)[C@H](F)C2)c2ccccc21. The molecule has 1 aliphatic rings. The summed E-state index contributed by atoms with van der Waals surface area (Å²) in [5.74, 6) is -0.226. The number of para-hydroxylation sites is 1. The quantitative estimate of drug-likeness (QED) is 0.842. The third-order valence-corrected chi connectivity index (χ3v) is 3.63. The monoisotopic (exact) mass is 262 g/mol. The molecule has 0 bridgehead atoms. The van der Waals surface area contributed by atoms with Gasteiger partial charge in [0, 0.05) is 30.7 Å². The summed E-state index contributed by atoms with van der Waals surface area (Å²) < 4.78 is 15.2. The van der Waals surface area contributed by atoms with Crippen LogP contribution in [0.5, 0.6) is 0 Å². The van der Waals surface area contributed by atoms with E-state index in [2.05, 4.69) is 0 Å². The predicted octanol–water partition coefficient (Wildman–Crippen LogP) is 1.33. The first-order chi connectivity index (χ1) is 9.08. The molecule has 0 spiro atoms. The molecule has 0 aliphatic carbocycles. The number of aromatic nitrogens is 1. The highest BCUT2D eigenvalue weighted by molar-refractivity contribution is 6.07. The molecule has 5 heteroatoms. The number of amides is 1. The van der Waals surface area contributed by atoms with Crippen molar-refractivity contribution >= 4 is 16.8 Å². The van der Waals surface area contributed by atoms with Crippen molar-refractivity contribution in [2.24, 2.45) is 7.05 Å². The molecular formula is C14H15FN2O2. The van der Waals surface area contributed by atoms with E-state index in [0.717, 1.165) is 10.9 Å². The summed E-state index contributed by atoms with van der Waals surface area (Å²) in [7, 11) is 1.87. The van der Waals surface area contributed by atoms with Crippen LogP contribution in [0.3, 0.4) is 0 Å². The van der Waals surface area contributed by atoms with E-state index in [0.29, 0.717) is 5.56 Å². The Morgan fingerprint density at radius 3 is 2.79 bits per heavy atom. The molecule has 1 N–H and O–H groups in total. The number of aliphatic hydroxyl groups excluding tert-OH is 1. The Labute approximate surface area is 110 Å².